The summed E-state index contributed by atoms with van der Waals surface area (Å²) in [5.74, 6) is -3.09. The zero-order valence-electron chi connectivity index (χ0n) is 33.9. The van der Waals surface area contributed by atoms with Crippen LogP contribution in [0.4, 0.5) is 0 Å². The molecule has 54 heavy (non-hydrogen) atoms. The molecule has 2 fully saturated rings. The van der Waals surface area contributed by atoms with Gasteiger partial charge in [0.05, 0.1) is 42.7 Å². The number of halogens is 1. The van der Waals surface area contributed by atoms with E-state index in [1.54, 1.807) is 57.3 Å². The molecule has 14 heteroatoms. The molecular formula is C40H64ClN5O8. The van der Waals surface area contributed by atoms with Gasteiger partial charge in [-0.3, -0.25) is 19.2 Å². The minimum Gasteiger partial charge on any atom is -0.480 e. The molecule has 1 saturated heterocycles. The smallest absolute Gasteiger partial charge is 0.326 e. The molecule has 13 nitrogen and oxygen atoms in total. The lowest BCUT2D eigenvalue weighted by molar-refractivity contribution is -0.149. The average molecular weight is 778 g/mol. The zero-order valence-corrected chi connectivity index (χ0v) is 34.7. The Morgan fingerprint density at radius 3 is 2.09 bits per heavy atom. The molecule has 0 bridgehead atoms. The number of hydrogen-bond acceptors (Lipinski definition) is 8. The van der Waals surface area contributed by atoms with E-state index in [1.807, 2.05) is 46.4 Å². The molecular weight excluding hydrogens is 714 g/mol. The first-order valence-electron chi connectivity index (χ1n) is 19.3. The first kappa shape index (κ1) is 45.1. The third-order valence-electron chi connectivity index (χ3n) is 11.6. The quantitative estimate of drug-likeness (QED) is 0.146. The number of carboxylic acid groups (broad SMARTS) is 1. The van der Waals surface area contributed by atoms with Gasteiger partial charge in [-0.15, -0.1) is 0 Å². The number of aliphatic carboxylic acids is 1. The van der Waals surface area contributed by atoms with Crippen molar-refractivity contribution in [3.05, 3.63) is 34.9 Å². The van der Waals surface area contributed by atoms with Gasteiger partial charge in [-0.25, -0.2) is 4.79 Å². The Labute approximate surface area is 326 Å². The number of amides is 4. The maximum atomic E-state index is 14.4. The van der Waals surface area contributed by atoms with Gasteiger partial charge in [0, 0.05) is 38.8 Å². The first-order valence-corrected chi connectivity index (χ1v) is 19.7. The molecule has 0 radical (unpaired) electrons. The normalized spacial score (nSPS) is 22.3. The van der Waals surface area contributed by atoms with Gasteiger partial charge >= 0.3 is 5.97 Å². The Kier molecular flexibility index (Phi) is 16.8. The van der Waals surface area contributed by atoms with Gasteiger partial charge < -0.3 is 40.3 Å². The molecule has 1 aliphatic heterocycles. The molecule has 0 aromatic heterocycles. The number of carbonyl (C=O) groups excluding carboxylic acids is 4. The predicted molar refractivity (Wildman–Crippen MR) is 208 cm³/mol. The molecule has 4 amide bonds. The van der Waals surface area contributed by atoms with Crippen LogP contribution in [0.1, 0.15) is 79.7 Å². The lowest BCUT2D eigenvalue weighted by atomic mass is 9.89. The molecule has 3 rings (SSSR count). The summed E-state index contributed by atoms with van der Waals surface area (Å²) in [4.78, 5) is 71.0. The van der Waals surface area contributed by atoms with Crippen molar-refractivity contribution in [1.82, 2.24) is 25.8 Å². The Morgan fingerprint density at radius 1 is 0.944 bits per heavy atom. The van der Waals surface area contributed by atoms with Gasteiger partial charge in [-0.1, -0.05) is 84.7 Å². The summed E-state index contributed by atoms with van der Waals surface area (Å²) in [5, 5.41) is 19.1. The summed E-state index contributed by atoms with van der Waals surface area (Å²) in [6, 6.07) is 3.54. The highest BCUT2D eigenvalue weighted by Crippen LogP contribution is 2.50. The van der Waals surface area contributed by atoms with Crippen molar-refractivity contribution in [1.29, 1.82) is 0 Å². The number of likely N-dealkylation sites (tertiary alicyclic amines) is 1. The fourth-order valence-corrected chi connectivity index (χ4v) is 8.35. The predicted octanol–water partition coefficient (Wildman–Crippen LogP) is 3.76. The van der Waals surface area contributed by atoms with Crippen LogP contribution in [-0.4, -0.2) is 121 Å². The topological polar surface area (TPSA) is 167 Å². The maximum absolute atomic E-state index is 14.4. The summed E-state index contributed by atoms with van der Waals surface area (Å²) in [5.41, 5.74) is 0.601. The number of ether oxygens (including phenoxy) is 2. The van der Waals surface area contributed by atoms with Crippen LogP contribution >= 0.6 is 11.6 Å². The van der Waals surface area contributed by atoms with Crippen molar-refractivity contribution < 1.29 is 38.6 Å². The second-order valence-corrected chi connectivity index (χ2v) is 16.3. The van der Waals surface area contributed by atoms with Gasteiger partial charge in [-0.2, -0.15) is 0 Å². The second-order valence-electron chi connectivity index (χ2n) is 15.9. The van der Waals surface area contributed by atoms with Crippen molar-refractivity contribution in [3.8, 4) is 0 Å². The van der Waals surface area contributed by atoms with Gasteiger partial charge in [-0.05, 0) is 55.2 Å². The Bertz CT molecular complexity index is 1460. The van der Waals surface area contributed by atoms with Crippen molar-refractivity contribution in [2.45, 2.75) is 129 Å². The molecule has 2 aliphatic rings. The van der Waals surface area contributed by atoms with Crippen molar-refractivity contribution in [3.63, 3.8) is 0 Å². The van der Waals surface area contributed by atoms with Crippen LogP contribution in [0.2, 0.25) is 5.02 Å². The summed E-state index contributed by atoms with van der Waals surface area (Å²) >= 11 is 6.28. The maximum Gasteiger partial charge on any atom is 0.326 e. The van der Waals surface area contributed by atoms with Gasteiger partial charge in [0.25, 0.3) is 0 Å². The van der Waals surface area contributed by atoms with Gasteiger partial charge in [0.2, 0.25) is 23.6 Å². The number of hydrogen-bond donors (Lipinski definition) is 4. The van der Waals surface area contributed by atoms with E-state index in [1.165, 1.54) is 7.11 Å². The highest BCUT2D eigenvalue weighted by Gasteiger charge is 2.57. The van der Waals surface area contributed by atoms with Crippen LogP contribution < -0.4 is 16.0 Å². The molecule has 4 N–H and O–H groups in total. The largest absolute Gasteiger partial charge is 0.480 e. The molecule has 3 unspecified atom stereocenters. The number of carboxylic acids is 1. The van der Waals surface area contributed by atoms with E-state index in [0.29, 0.717) is 23.4 Å². The summed E-state index contributed by atoms with van der Waals surface area (Å²) in [7, 11) is 6.48. The highest BCUT2D eigenvalue weighted by molar-refractivity contribution is 6.31. The first-order chi connectivity index (χ1) is 25.4. The number of piperidine rings is 1. The summed E-state index contributed by atoms with van der Waals surface area (Å²) in [6.45, 7) is 13.4. The summed E-state index contributed by atoms with van der Waals surface area (Å²) in [6.07, 6.45) is 0.859. The van der Waals surface area contributed by atoms with E-state index in [9.17, 15) is 29.1 Å². The van der Waals surface area contributed by atoms with E-state index in [-0.39, 0.29) is 60.3 Å². The molecule has 1 aromatic rings. The van der Waals surface area contributed by atoms with Crippen molar-refractivity contribution in [2.75, 3.05) is 28.3 Å². The Morgan fingerprint density at radius 2 is 1.57 bits per heavy atom. The minimum absolute atomic E-state index is 0.00271. The van der Waals surface area contributed by atoms with E-state index >= 15 is 0 Å². The SMILES string of the molecule is CC[C@H](C)[C@@H](C(CC(=O)N1C2C[C@@H]2C[C@H]1[C@H](OC)[C@@H](C)C(=O)NC(Cc1ccccc1Cl)C(=O)O)OC)N(C)C(=O)[C@@H](NC(=O)[C@@H](NC)C(C)C)C(C)C. The average Bonchev–Trinajstić information content (AvgIpc) is 3.78. The Hall–Kier alpha value is -3.26. The van der Waals surface area contributed by atoms with E-state index in [0.717, 1.165) is 6.42 Å². The van der Waals surface area contributed by atoms with Crippen molar-refractivity contribution >= 4 is 41.2 Å². The third kappa shape index (κ3) is 10.7. The molecule has 11 atom stereocenters. The number of methoxy groups -OCH3 is 2. The highest BCUT2D eigenvalue weighted by atomic mass is 35.5. The fourth-order valence-electron chi connectivity index (χ4n) is 8.14. The molecule has 0 spiro atoms. The number of nitrogens with zero attached hydrogens (tertiary/aromatic N) is 2. The van der Waals surface area contributed by atoms with E-state index < -0.39 is 60.2 Å². The molecule has 1 heterocycles. The summed E-state index contributed by atoms with van der Waals surface area (Å²) < 4.78 is 11.9. The van der Waals surface area contributed by atoms with Crippen molar-refractivity contribution in [2.24, 2.45) is 29.6 Å². The van der Waals surface area contributed by atoms with Crippen LogP contribution in [0.3, 0.4) is 0 Å². The zero-order chi connectivity index (χ0) is 40.6. The fraction of sp³-hybridized carbons (Fsp3) is 0.725. The number of nitrogens with one attached hydrogen (secondary N) is 3. The third-order valence-corrected chi connectivity index (χ3v) is 11.9. The van der Waals surface area contributed by atoms with E-state index in [4.69, 9.17) is 21.1 Å². The standard InChI is InChI=1S/C40H64ClN5O8/c1-12-23(6)35(45(9)39(50)34(22(4)5)44-38(49)33(42-8)21(2)3)31(53-10)20-32(47)46-29-18-26(29)19-30(46)36(54-11)24(7)37(48)43-28(40(51)52)17-25-15-13-14-16-27(25)41/h13-16,21-24,26,28-31,33-36,42H,12,17-20H2,1-11H3,(H,43,48)(H,44,49)(H,51,52)/t23-,24+,26+,28?,29?,30-,31?,33-,34-,35-,36+/m0/s1. The molecule has 304 valence electrons. The van der Waals surface area contributed by atoms with Crippen LogP contribution in [-0.2, 0) is 39.9 Å². The van der Waals surface area contributed by atoms with Crippen LogP contribution in [0.5, 0.6) is 0 Å². The van der Waals surface area contributed by atoms with Gasteiger partial charge in [0.1, 0.15) is 12.1 Å². The Balaban J connectivity index is 1.81. The van der Waals surface area contributed by atoms with Crippen LogP contribution in [0.15, 0.2) is 24.3 Å². The van der Waals surface area contributed by atoms with Gasteiger partial charge in [0.15, 0.2) is 0 Å². The number of likely N-dealkylation sites (N-methyl/N-ethyl adjacent to an activating group) is 2. The number of benzene rings is 1. The minimum atomic E-state index is -1.21. The van der Waals surface area contributed by atoms with Crippen LogP contribution in [0, 0.1) is 29.6 Å². The second kappa shape index (κ2) is 20.1. The molecule has 1 aliphatic carbocycles. The number of carbonyl (C=O) groups is 5. The number of fused-ring (bicyclic) bond motifs is 1. The molecule has 1 aromatic carbocycles. The number of rotatable bonds is 21. The lowest BCUT2D eigenvalue weighted by Gasteiger charge is -2.41. The lowest BCUT2D eigenvalue weighted by Crippen LogP contribution is -2.59. The molecule has 1 saturated carbocycles. The monoisotopic (exact) mass is 777 g/mol. The van der Waals surface area contributed by atoms with Crippen LogP contribution in [0.25, 0.3) is 0 Å². The van der Waals surface area contributed by atoms with E-state index in [2.05, 4.69) is 16.0 Å².